The summed E-state index contributed by atoms with van der Waals surface area (Å²) >= 11 is 0. The molecule has 1 aliphatic rings. The van der Waals surface area contributed by atoms with E-state index in [-0.39, 0.29) is 5.41 Å². The van der Waals surface area contributed by atoms with Gasteiger partial charge in [0.15, 0.2) is 17.5 Å². The number of aromatic nitrogens is 5. The highest BCUT2D eigenvalue weighted by Gasteiger charge is 2.28. The average Bonchev–Trinajstić information content (AvgIpc) is 3.80. The minimum absolute atomic E-state index is 0.0212. The maximum atomic E-state index is 5.22. The quantitative estimate of drug-likeness (QED) is 0.169. The first-order valence-electron chi connectivity index (χ1n) is 19.4. The fourth-order valence-corrected chi connectivity index (χ4v) is 7.91. The number of aryl methyl sites for hydroxylation is 1. The monoisotopic (exact) mass is 739 g/mol. The van der Waals surface area contributed by atoms with Gasteiger partial charge in [-0.05, 0) is 78.6 Å². The molecule has 0 spiro atoms. The summed E-state index contributed by atoms with van der Waals surface area (Å²) in [5.41, 5.74) is 11.9. The van der Waals surface area contributed by atoms with Gasteiger partial charge in [0.2, 0.25) is 0 Å². The second-order valence-electron chi connectivity index (χ2n) is 15.8. The molecule has 0 aliphatic carbocycles. The Balaban J connectivity index is 1.11. The van der Waals surface area contributed by atoms with Crippen LogP contribution in [-0.2, 0) is 5.41 Å². The van der Waals surface area contributed by atoms with Crippen LogP contribution in [0.4, 0.5) is 22.7 Å². The Morgan fingerprint density at radius 1 is 0.491 bits per heavy atom. The largest absolute Gasteiger partial charge is 0.321 e. The predicted octanol–water partition coefficient (Wildman–Crippen LogP) is 12.2. The summed E-state index contributed by atoms with van der Waals surface area (Å²) < 4.78 is 2.26. The molecule has 0 unspecified atom stereocenters. The van der Waals surface area contributed by atoms with Crippen molar-refractivity contribution in [2.75, 3.05) is 16.5 Å². The Labute approximate surface area is 332 Å². The Morgan fingerprint density at radius 2 is 1.11 bits per heavy atom. The van der Waals surface area contributed by atoms with Crippen LogP contribution in [0.1, 0.15) is 31.9 Å². The molecular weight excluding hydrogens is 699 g/mol. The number of nitrogens with zero attached hydrogens (tertiary/aromatic N) is 7. The van der Waals surface area contributed by atoms with Crippen LogP contribution in [0.25, 0.3) is 61.8 Å². The molecule has 7 nitrogen and oxygen atoms in total. The maximum Gasteiger partial charge on any atom is 0.164 e. The fraction of sp³-hybridized carbons (Fsp3) is 0.120. The lowest BCUT2D eigenvalue weighted by atomic mass is 9.88. The highest BCUT2D eigenvalue weighted by molar-refractivity contribution is 6.10. The van der Waals surface area contributed by atoms with Crippen molar-refractivity contribution in [1.29, 1.82) is 0 Å². The normalized spacial score (nSPS) is 12.8. The van der Waals surface area contributed by atoms with Gasteiger partial charge in [-0.1, -0.05) is 123 Å². The van der Waals surface area contributed by atoms with Gasteiger partial charge in [-0.2, -0.15) is 0 Å². The summed E-state index contributed by atoms with van der Waals surface area (Å²) in [6, 6.07) is 55.4. The highest BCUT2D eigenvalue weighted by Crippen LogP contribution is 2.45. The maximum absolute atomic E-state index is 5.22. The van der Waals surface area contributed by atoms with Crippen LogP contribution in [0.3, 0.4) is 0 Å². The van der Waals surface area contributed by atoms with Crippen LogP contribution in [-0.4, -0.2) is 31.2 Å². The third kappa shape index (κ3) is 6.18. The lowest BCUT2D eigenvalue weighted by Gasteiger charge is -2.22. The first kappa shape index (κ1) is 34.4. The first-order valence-corrected chi connectivity index (χ1v) is 19.4. The smallest absolute Gasteiger partial charge is 0.164 e. The highest BCUT2D eigenvalue weighted by atomic mass is 15.4. The Hall–Kier alpha value is -7.12. The van der Waals surface area contributed by atoms with Gasteiger partial charge in [-0.25, -0.2) is 19.9 Å². The van der Waals surface area contributed by atoms with Gasteiger partial charge < -0.3 is 9.80 Å². The van der Waals surface area contributed by atoms with Gasteiger partial charge in [0.1, 0.15) is 12.5 Å². The fourth-order valence-electron chi connectivity index (χ4n) is 7.91. The molecule has 0 N–H and O–H groups in total. The van der Waals surface area contributed by atoms with Crippen LogP contribution in [0.15, 0.2) is 164 Å². The zero-order chi connectivity index (χ0) is 38.7. The molecular formula is C50H41N7. The molecule has 276 valence electrons. The number of benzene rings is 6. The Morgan fingerprint density at radius 3 is 1.84 bits per heavy atom. The number of anilines is 4. The lowest BCUT2D eigenvalue weighted by molar-refractivity contribution is 0.588. The number of hydrogen-bond acceptors (Lipinski definition) is 6. The second-order valence-corrected chi connectivity index (χ2v) is 15.8. The van der Waals surface area contributed by atoms with Crippen molar-refractivity contribution in [1.82, 2.24) is 24.5 Å². The van der Waals surface area contributed by atoms with Crippen molar-refractivity contribution in [3.63, 3.8) is 0 Å². The third-order valence-corrected chi connectivity index (χ3v) is 10.9. The molecule has 0 bridgehead atoms. The van der Waals surface area contributed by atoms with E-state index >= 15 is 0 Å². The van der Waals surface area contributed by atoms with E-state index in [1.807, 2.05) is 24.4 Å². The third-order valence-electron chi connectivity index (χ3n) is 10.9. The zero-order valence-electron chi connectivity index (χ0n) is 32.4. The van der Waals surface area contributed by atoms with E-state index in [2.05, 4.69) is 182 Å². The number of pyridine rings is 1. The van der Waals surface area contributed by atoms with Gasteiger partial charge in [-0.3, -0.25) is 4.57 Å². The second kappa shape index (κ2) is 13.6. The summed E-state index contributed by atoms with van der Waals surface area (Å²) in [7, 11) is 0. The van der Waals surface area contributed by atoms with Gasteiger partial charge in [0, 0.05) is 45.0 Å². The van der Waals surface area contributed by atoms with E-state index in [1.54, 1.807) is 0 Å². The van der Waals surface area contributed by atoms with Crippen molar-refractivity contribution in [3.05, 3.63) is 175 Å². The number of rotatable bonds is 6. The number of para-hydroxylation sites is 3. The van der Waals surface area contributed by atoms with Gasteiger partial charge in [-0.15, -0.1) is 0 Å². The van der Waals surface area contributed by atoms with Gasteiger partial charge in [0.25, 0.3) is 0 Å². The molecule has 1 aliphatic heterocycles. The van der Waals surface area contributed by atoms with E-state index in [0.29, 0.717) is 24.1 Å². The lowest BCUT2D eigenvalue weighted by Crippen LogP contribution is -2.23. The van der Waals surface area contributed by atoms with Crippen molar-refractivity contribution >= 4 is 44.6 Å². The van der Waals surface area contributed by atoms with E-state index in [4.69, 9.17) is 19.9 Å². The summed E-state index contributed by atoms with van der Waals surface area (Å²) in [6.07, 6.45) is 1.92. The van der Waals surface area contributed by atoms with Crippen molar-refractivity contribution in [2.45, 2.75) is 33.1 Å². The summed E-state index contributed by atoms with van der Waals surface area (Å²) in [5, 5.41) is 2.32. The standard InChI is InChI=1S/C50H41N7/c1-33-21-24-38(25-22-33)55-32-56(44-20-11-10-19-43(44)55)39-16-12-15-35(29-39)48-52-47(34-13-6-5-7-14-34)53-49(54-48)36-23-26-41-40-17-8-9-18-42(40)57(45(41)30-36)46-31-37(27-28-51-46)50(2,3)4/h5-31H,32H2,1-4H3. The van der Waals surface area contributed by atoms with Crippen LogP contribution in [0, 0.1) is 6.92 Å². The van der Waals surface area contributed by atoms with E-state index < -0.39 is 0 Å². The molecule has 0 atom stereocenters. The van der Waals surface area contributed by atoms with E-state index in [1.165, 1.54) is 22.2 Å². The molecule has 0 fully saturated rings. The van der Waals surface area contributed by atoms with Crippen molar-refractivity contribution in [2.24, 2.45) is 0 Å². The molecule has 10 rings (SSSR count). The van der Waals surface area contributed by atoms with Gasteiger partial charge in [0.05, 0.1) is 22.4 Å². The minimum Gasteiger partial charge on any atom is -0.321 e. The molecule has 0 amide bonds. The molecule has 0 radical (unpaired) electrons. The number of hydrogen-bond donors (Lipinski definition) is 0. The van der Waals surface area contributed by atoms with Crippen molar-refractivity contribution < 1.29 is 0 Å². The van der Waals surface area contributed by atoms with E-state index in [9.17, 15) is 0 Å². The van der Waals surface area contributed by atoms with E-state index in [0.717, 1.165) is 56.0 Å². The molecule has 0 saturated heterocycles. The molecule has 9 aromatic rings. The SMILES string of the molecule is Cc1ccc(N2CN(c3cccc(-c4nc(-c5ccccc5)nc(-c5ccc6c7ccccc7n(-c7cc(C(C)(C)C)ccn7)c6c5)n4)c3)c3ccccc32)cc1. The molecule has 4 heterocycles. The Kier molecular flexibility index (Phi) is 8.18. The van der Waals surface area contributed by atoms with Crippen LogP contribution in [0.5, 0.6) is 0 Å². The summed E-state index contributed by atoms with van der Waals surface area (Å²) in [5.74, 6) is 2.73. The Bertz CT molecular complexity index is 2940. The minimum atomic E-state index is -0.0212. The zero-order valence-corrected chi connectivity index (χ0v) is 32.4. The number of fused-ring (bicyclic) bond motifs is 4. The molecule has 57 heavy (non-hydrogen) atoms. The first-order chi connectivity index (χ1) is 27.8. The van der Waals surface area contributed by atoms with Crippen LogP contribution >= 0.6 is 0 Å². The summed E-state index contributed by atoms with van der Waals surface area (Å²) in [6.45, 7) is 9.51. The van der Waals surface area contributed by atoms with Crippen molar-refractivity contribution in [3.8, 4) is 40.0 Å². The predicted molar refractivity (Wildman–Crippen MR) is 234 cm³/mol. The topological polar surface area (TPSA) is 63.0 Å². The molecule has 0 saturated carbocycles. The molecule has 6 aromatic carbocycles. The summed E-state index contributed by atoms with van der Waals surface area (Å²) in [4.78, 5) is 25.1. The van der Waals surface area contributed by atoms with Crippen LogP contribution < -0.4 is 9.80 Å². The molecule has 3 aromatic heterocycles. The molecule has 7 heteroatoms. The average molecular weight is 740 g/mol. The van der Waals surface area contributed by atoms with Crippen LogP contribution in [0.2, 0.25) is 0 Å². The van der Waals surface area contributed by atoms with Gasteiger partial charge >= 0.3 is 0 Å².